The van der Waals surface area contributed by atoms with Gasteiger partial charge in [0.15, 0.2) is 0 Å². The highest BCUT2D eigenvalue weighted by Gasteiger charge is 2.04. The van der Waals surface area contributed by atoms with Gasteiger partial charge in [-0.3, -0.25) is 0 Å². The average molecular weight is 173 g/mol. The summed E-state index contributed by atoms with van der Waals surface area (Å²) in [6, 6.07) is 3.25. The van der Waals surface area contributed by atoms with Crippen LogP contribution < -0.4 is 0 Å². The Morgan fingerprint density at radius 2 is 2.08 bits per heavy atom. The molecule has 1 rings (SSSR count). The summed E-state index contributed by atoms with van der Waals surface area (Å²) in [6.07, 6.45) is 0. The van der Waals surface area contributed by atoms with Crippen LogP contribution in [-0.4, -0.2) is 17.3 Å². The molecule has 0 aliphatic carbocycles. The van der Waals surface area contributed by atoms with Gasteiger partial charge in [0, 0.05) is 18.7 Å². The summed E-state index contributed by atoms with van der Waals surface area (Å²) in [5, 5.41) is 9.60. The van der Waals surface area contributed by atoms with Crippen LogP contribution >= 0.6 is 0 Å². The van der Waals surface area contributed by atoms with Crippen molar-refractivity contribution in [2.24, 2.45) is 0 Å². The molecule has 0 amide bonds. The van der Waals surface area contributed by atoms with Crippen LogP contribution in [0.15, 0.2) is 18.2 Å². The van der Waals surface area contributed by atoms with Crippen LogP contribution in [0.3, 0.4) is 0 Å². The van der Waals surface area contributed by atoms with Crippen molar-refractivity contribution < 1.29 is 14.0 Å². The summed E-state index contributed by atoms with van der Waals surface area (Å²) in [7, 11) is 1.39. The molecule has 0 aromatic heterocycles. The van der Waals surface area contributed by atoms with Crippen LogP contribution in [0.1, 0.15) is 5.56 Å². The molecule has 0 atom stereocenters. The van der Waals surface area contributed by atoms with E-state index >= 15 is 0 Å². The topological polar surface area (TPSA) is 23.5 Å². The second-order valence-electron chi connectivity index (χ2n) is 2.55. The van der Waals surface area contributed by atoms with Crippen molar-refractivity contribution in [3.63, 3.8) is 0 Å². The van der Waals surface area contributed by atoms with Gasteiger partial charge < -0.3 is 5.21 Å². The highest BCUT2D eigenvalue weighted by molar-refractivity contribution is 5.17. The molecule has 0 aliphatic heterocycles. The Hall–Kier alpha value is -1.00. The summed E-state index contributed by atoms with van der Waals surface area (Å²) in [4.78, 5) is 0. The van der Waals surface area contributed by atoms with Gasteiger partial charge in [0.2, 0.25) is 0 Å². The first-order chi connectivity index (χ1) is 5.59. The summed E-state index contributed by atoms with van der Waals surface area (Å²) < 4.78 is 25.2. The number of benzene rings is 1. The van der Waals surface area contributed by atoms with E-state index in [1.807, 2.05) is 0 Å². The fourth-order valence-electron chi connectivity index (χ4n) is 0.896. The Labute approximate surface area is 69.0 Å². The number of hydroxylamine groups is 2. The maximum absolute atomic E-state index is 12.8. The van der Waals surface area contributed by atoms with E-state index in [-0.39, 0.29) is 12.1 Å². The van der Waals surface area contributed by atoms with Crippen LogP contribution in [-0.2, 0) is 6.54 Å². The van der Waals surface area contributed by atoms with Gasteiger partial charge in [0.25, 0.3) is 0 Å². The first kappa shape index (κ1) is 9.09. The Morgan fingerprint density at radius 3 is 2.58 bits per heavy atom. The summed E-state index contributed by atoms with van der Waals surface area (Å²) in [5.74, 6) is -1.26. The molecule has 12 heavy (non-hydrogen) atoms. The van der Waals surface area contributed by atoms with Gasteiger partial charge in [-0.2, -0.15) is 5.06 Å². The lowest BCUT2D eigenvalue weighted by Gasteiger charge is -2.08. The van der Waals surface area contributed by atoms with Gasteiger partial charge >= 0.3 is 0 Å². The first-order valence-corrected chi connectivity index (χ1v) is 3.43. The second-order valence-corrected chi connectivity index (χ2v) is 2.55. The molecule has 4 heteroatoms. The van der Waals surface area contributed by atoms with Gasteiger partial charge in [0.1, 0.15) is 11.6 Å². The maximum Gasteiger partial charge on any atom is 0.130 e. The van der Waals surface area contributed by atoms with Gasteiger partial charge in [-0.1, -0.05) is 6.07 Å². The zero-order chi connectivity index (χ0) is 9.14. The molecule has 66 valence electrons. The third-order valence-corrected chi connectivity index (χ3v) is 1.41. The molecule has 1 N–H and O–H groups in total. The third-order valence-electron chi connectivity index (χ3n) is 1.41. The number of hydrogen-bond donors (Lipinski definition) is 1. The summed E-state index contributed by atoms with van der Waals surface area (Å²) in [6.45, 7) is 0.0477. The van der Waals surface area contributed by atoms with E-state index in [1.54, 1.807) is 0 Å². The van der Waals surface area contributed by atoms with Crippen molar-refractivity contribution in [1.29, 1.82) is 0 Å². The van der Waals surface area contributed by atoms with E-state index in [4.69, 9.17) is 5.21 Å². The van der Waals surface area contributed by atoms with Gasteiger partial charge in [-0.15, -0.1) is 0 Å². The minimum absolute atomic E-state index is 0.0477. The largest absolute Gasteiger partial charge is 0.314 e. The van der Waals surface area contributed by atoms with E-state index < -0.39 is 11.6 Å². The Balaban J connectivity index is 2.86. The molecular formula is C8H9F2NO. The van der Waals surface area contributed by atoms with Crippen molar-refractivity contribution in [2.75, 3.05) is 7.05 Å². The fourth-order valence-corrected chi connectivity index (χ4v) is 0.896. The Kier molecular flexibility index (Phi) is 2.73. The second kappa shape index (κ2) is 3.60. The van der Waals surface area contributed by atoms with E-state index in [9.17, 15) is 8.78 Å². The predicted molar refractivity (Wildman–Crippen MR) is 39.6 cm³/mol. The number of halogens is 2. The molecule has 0 radical (unpaired) electrons. The lowest BCUT2D eigenvalue weighted by molar-refractivity contribution is -0.0738. The smallest absolute Gasteiger partial charge is 0.130 e. The molecule has 1 aromatic rings. The van der Waals surface area contributed by atoms with Crippen LogP contribution in [0.4, 0.5) is 8.78 Å². The molecule has 0 saturated heterocycles. The molecule has 0 aliphatic rings. The minimum atomic E-state index is -0.643. The lowest BCUT2D eigenvalue weighted by atomic mass is 10.2. The summed E-state index contributed by atoms with van der Waals surface area (Å²) >= 11 is 0. The Bertz CT molecular complexity index is 276. The first-order valence-electron chi connectivity index (χ1n) is 3.43. The molecule has 0 fully saturated rings. The van der Waals surface area contributed by atoms with E-state index in [1.165, 1.54) is 13.1 Å². The normalized spacial score (nSPS) is 10.8. The number of hydrogen-bond acceptors (Lipinski definition) is 2. The maximum atomic E-state index is 12.8. The van der Waals surface area contributed by atoms with Crippen molar-refractivity contribution in [1.82, 2.24) is 5.06 Å². The number of nitrogens with zero attached hydrogens (tertiary/aromatic N) is 1. The molecule has 0 unspecified atom stereocenters. The standard InChI is InChI=1S/C8H9F2NO/c1-11(12)5-6-2-3-7(9)4-8(6)10/h2-4,12H,5H2,1H3. The highest BCUT2D eigenvalue weighted by Crippen LogP contribution is 2.10. The quantitative estimate of drug-likeness (QED) is 0.689. The summed E-state index contributed by atoms with van der Waals surface area (Å²) in [5.41, 5.74) is 0.265. The SMILES string of the molecule is CN(O)Cc1ccc(F)cc1F. The lowest BCUT2D eigenvalue weighted by Crippen LogP contribution is -2.12. The predicted octanol–water partition coefficient (Wildman–Crippen LogP) is 1.79. The zero-order valence-electron chi connectivity index (χ0n) is 6.59. The molecular weight excluding hydrogens is 164 g/mol. The molecule has 0 bridgehead atoms. The van der Waals surface area contributed by atoms with E-state index in [0.29, 0.717) is 0 Å². The van der Waals surface area contributed by atoms with Crippen LogP contribution in [0.5, 0.6) is 0 Å². The van der Waals surface area contributed by atoms with Crippen LogP contribution in [0.25, 0.3) is 0 Å². The number of rotatable bonds is 2. The molecule has 1 aromatic carbocycles. The molecule has 0 heterocycles. The molecule has 0 saturated carbocycles. The third kappa shape index (κ3) is 2.25. The average Bonchev–Trinajstić information content (AvgIpc) is 1.94. The monoisotopic (exact) mass is 173 g/mol. The van der Waals surface area contributed by atoms with Crippen molar-refractivity contribution in [2.45, 2.75) is 6.54 Å². The molecule has 0 spiro atoms. The van der Waals surface area contributed by atoms with Gasteiger partial charge in [-0.05, 0) is 6.07 Å². The van der Waals surface area contributed by atoms with Crippen molar-refractivity contribution >= 4 is 0 Å². The van der Waals surface area contributed by atoms with E-state index in [2.05, 4.69) is 0 Å². The molecule has 2 nitrogen and oxygen atoms in total. The van der Waals surface area contributed by atoms with Gasteiger partial charge in [0.05, 0.1) is 6.54 Å². The fraction of sp³-hybridized carbons (Fsp3) is 0.250. The highest BCUT2D eigenvalue weighted by atomic mass is 19.1. The zero-order valence-corrected chi connectivity index (χ0v) is 6.59. The van der Waals surface area contributed by atoms with E-state index in [0.717, 1.165) is 17.2 Å². The van der Waals surface area contributed by atoms with Crippen LogP contribution in [0.2, 0.25) is 0 Å². The van der Waals surface area contributed by atoms with Crippen molar-refractivity contribution in [3.05, 3.63) is 35.4 Å². The van der Waals surface area contributed by atoms with Crippen molar-refractivity contribution in [3.8, 4) is 0 Å². The van der Waals surface area contributed by atoms with Crippen LogP contribution in [0, 0.1) is 11.6 Å². The Morgan fingerprint density at radius 1 is 1.42 bits per heavy atom. The van der Waals surface area contributed by atoms with Gasteiger partial charge in [-0.25, -0.2) is 8.78 Å². The minimum Gasteiger partial charge on any atom is -0.314 e.